The van der Waals surface area contributed by atoms with Crippen molar-refractivity contribution < 1.29 is 12.8 Å². The van der Waals surface area contributed by atoms with E-state index in [0.29, 0.717) is 12.2 Å². The lowest BCUT2D eigenvalue weighted by Crippen LogP contribution is -2.28. The number of nitrogens with zero attached hydrogens (tertiary/aromatic N) is 2. The van der Waals surface area contributed by atoms with Crippen molar-refractivity contribution in [1.82, 2.24) is 20.0 Å². The van der Waals surface area contributed by atoms with Gasteiger partial charge >= 0.3 is 0 Å². The van der Waals surface area contributed by atoms with E-state index in [4.69, 9.17) is 11.6 Å². The molecule has 0 radical (unpaired) electrons. The second kappa shape index (κ2) is 12.2. The molecule has 0 unspecified atom stereocenters. The summed E-state index contributed by atoms with van der Waals surface area (Å²) in [5.41, 5.74) is 0.357. The van der Waals surface area contributed by atoms with Gasteiger partial charge in [-0.05, 0) is 44.5 Å². The number of hydrogen-bond donors (Lipinski definition) is 4. The topological polar surface area (TPSA) is 108 Å². The lowest BCUT2D eigenvalue weighted by molar-refractivity contribution is 0.570. The van der Waals surface area contributed by atoms with Gasteiger partial charge in [-0.25, -0.2) is 17.8 Å². The standard InChI is InChI=1S/C17H26ClFN6O2S2/c1-2-5-20-8-9-21-6-3-4-7-22-15-11-14(19)16(10-13(15)18)29(26,27)25-17-23-12-24-28-17/h10-12,20-22H,2-9H2,1H3,(H,23,24,25). The molecule has 0 spiro atoms. The highest BCUT2D eigenvalue weighted by Gasteiger charge is 2.22. The maximum absolute atomic E-state index is 14.4. The van der Waals surface area contributed by atoms with Gasteiger partial charge in [0.25, 0.3) is 10.0 Å². The lowest BCUT2D eigenvalue weighted by atomic mass is 10.2. The fraction of sp³-hybridized carbons (Fsp3) is 0.529. The second-order valence-electron chi connectivity index (χ2n) is 6.25. The molecular formula is C17H26ClFN6O2S2. The van der Waals surface area contributed by atoms with Gasteiger partial charge in [0.05, 0.1) is 10.7 Å². The summed E-state index contributed by atoms with van der Waals surface area (Å²) in [7, 11) is -4.14. The van der Waals surface area contributed by atoms with Crippen molar-refractivity contribution in [2.45, 2.75) is 31.1 Å². The van der Waals surface area contributed by atoms with Crippen LogP contribution < -0.4 is 20.7 Å². The lowest BCUT2D eigenvalue weighted by Gasteiger charge is -2.12. The molecule has 0 saturated heterocycles. The van der Waals surface area contributed by atoms with Crippen LogP contribution in [0.15, 0.2) is 23.4 Å². The van der Waals surface area contributed by atoms with Crippen LogP contribution in [0.3, 0.4) is 0 Å². The first-order valence-electron chi connectivity index (χ1n) is 9.38. The molecule has 1 aromatic carbocycles. The van der Waals surface area contributed by atoms with Crippen LogP contribution >= 0.6 is 23.1 Å². The number of aromatic nitrogens is 2. The first kappa shape index (κ1) is 23.7. The minimum Gasteiger partial charge on any atom is -0.384 e. The Morgan fingerprint density at radius 1 is 1.10 bits per heavy atom. The maximum Gasteiger partial charge on any atom is 0.266 e. The largest absolute Gasteiger partial charge is 0.384 e. The summed E-state index contributed by atoms with van der Waals surface area (Å²) < 4.78 is 44.9. The van der Waals surface area contributed by atoms with E-state index in [2.05, 4.69) is 37.0 Å². The van der Waals surface area contributed by atoms with E-state index in [1.165, 1.54) is 6.33 Å². The molecule has 162 valence electrons. The van der Waals surface area contributed by atoms with Gasteiger partial charge in [-0.1, -0.05) is 18.5 Å². The maximum atomic E-state index is 14.4. The summed E-state index contributed by atoms with van der Waals surface area (Å²) in [4.78, 5) is 3.19. The first-order valence-corrected chi connectivity index (χ1v) is 12.0. The summed E-state index contributed by atoms with van der Waals surface area (Å²) in [5.74, 6) is -0.893. The van der Waals surface area contributed by atoms with E-state index in [1.807, 2.05) is 0 Å². The van der Waals surface area contributed by atoms with Crippen molar-refractivity contribution in [2.75, 3.05) is 42.8 Å². The average Bonchev–Trinajstić information content (AvgIpc) is 3.17. The number of anilines is 2. The molecule has 0 aliphatic carbocycles. The number of halogens is 2. The summed E-state index contributed by atoms with van der Waals surface area (Å²) in [6.07, 6.45) is 4.16. The zero-order valence-corrected chi connectivity index (χ0v) is 18.6. The van der Waals surface area contributed by atoms with E-state index >= 15 is 0 Å². The molecule has 2 rings (SSSR count). The van der Waals surface area contributed by atoms with Crippen LogP contribution in [0, 0.1) is 5.82 Å². The summed E-state index contributed by atoms with van der Waals surface area (Å²) >= 11 is 7.00. The van der Waals surface area contributed by atoms with Crippen molar-refractivity contribution in [3.63, 3.8) is 0 Å². The van der Waals surface area contributed by atoms with Gasteiger partial charge in [-0.15, -0.1) is 0 Å². The van der Waals surface area contributed by atoms with Crippen molar-refractivity contribution >= 4 is 44.0 Å². The van der Waals surface area contributed by atoms with Gasteiger partial charge < -0.3 is 16.0 Å². The fourth-order valence-electron chi connectivity index (χ4n) is 2.46. The minimum absolute atomic E-state index is 0.0532. The molecule has 0 atom stereocenters. The van der Waals surface area contributed by atoms with Gasteiger partial charge in [-0.3, -0.25) is 4.72 Å². The molecule has 0 aliphatic heterocycles. The van der Waals surface area contributed by atoms with Gasteiger partial charge in [0, 0.05) is 31.2 Å². The Labute approximate surface area is 179 Å². The fourth-order valence-corrected chi connectivity index (χ4v) is 4.50. The van der Waals surface area contributed by atoms with Crippen LogP contribution in [-0.2, 0) is 10.0 Å². The number of rotatable bonds is 14. The molecule has 0 fully saturated rings. The van der Waals surface area contributed by atoms with E-state index in [1.54, 1.807) is 0 Å². The van der Waals surface area contributed by atoms with E-state index in [0.717, 1.165) is 69.1 Å². The molecule has 0 aliphatic rings. The SMILES string of the molecule is CCCNCCNCCCCNc1cc(F)c(S(=O)(=O)Nc2ncns2)cc1Cl. The summed E-state index contributed by atoms with van der Waals surface area (Å²) in [6, 6.07) is 2.18. The van der Waals surface area contributed by atoms with Gasteiger partial charge in [0.1, 0.15) is 17.0 Å². The van der Waals surface area contributed by atoms with Gasteiger partial charge in [-0.2, -0.15) is 4.37 Å². The van der Waals surface area contributed by atoms with Crippen molar-refractivity contribution in [3.8, 4) is 0 Å². The van der Waals surface area contributed by atoms with E-state index in [-0.39, 0.29) is 10.2 Å². The highest BCUT2D eigenvalue weighted by molar-refractivity contribution is 7.93. The summed E-state index contributed by atoms with van der Waals surface area (Å²) in [5, 5.41) is 9.90. The summed E-state index contributed by atoms with van der Waals surface area (Å²) in [6.45, 7) is 6.53. The Morgan fingerprint density at radius 3 is 2.52 bits per heavy atom. The molecule has 8 nitrogen and oxygen atoms in total. The molecule has 2 aromatic rings. The average molecular weight is 465 g/mol. The van der Waals surface area contributed by atoms with Crippen molar-refractivity contribution in [3.05, 3.63) is 29.3 Å². The minimum atomic E-state index is -4.14. The smallest absolute Gasteiger partial charge is 0.266 e. The van der Waals surface area contributed by atoms with Gasteiger partial charge in [0.2, 0.25) is 5.13 Å². The van der Waals surface area contributed by atoms with Crippen LogP contribution in [0.1, 0.15) is 26.2 Å². The zero-order valence-electron chi connectivity index (χ0n) is 16.2. The third-order valence-corrected chi connectivity index (χ3v) is 6.27. The Bertz CT molecular complexity index is 852. The molecule has 0 bridgehead atoms. The van der Waals surface area contributed by atoms with Crippen molar-refractivity contribution in [1.29, 1.82) is 0 Å². The Morgan fingerprint density at radius 2 is 1.83 bits per heavy atom. The predicted molar refractivity (Wildman–Crippen MR) is 116 cm³/mol. The molecule has 1 heterocycles. The quantitative estimate of drug-likeness (QED) is 0.318. The predicted octanol–water partition coefficient (Wildman–Crippen LogP) is 2.91. The Balaban J connectivity index is 1.79. The molecule has 4 N–H and O–H groups in total. The molecular weight excluding hydrogens is 439 g/mol. The van der Waals surface area contributed by atoms with Crippen molar-refractivity contribution in [2.24, 2.45) is 0 Å². The third kappa shape index (κ3) is 8.01. The molecule has 0 saturated carbocycles. The highest BCUT2D eigenvalue weighted by Crippen LogP contribution is 2.29. The Kier molecular flexibility index (Phi) is 10.0. The second-order valence-corrected chi connectivity index (χ2v) is 9.09. The Hall–Kier alpha value is -1.53. The highest BCUT2D eigenvalue weighted by atomic mass is 35.5. The van der Waals surface area contributed by atoms with Crippen LogP contribution in [0.2, 0.25) is 5.02 Å². The van der Waals surface area contributed by atoms with E-state index < -0.39 is 20.7 Å². The molecule has 1 aromatic heterocycles. The van der Waals surface area contributed by atoms with E-state index in [9.17, 15) is 12.8 Å². The van der Waals surface area contributed by atoms with Crippen LogP contribution in [0.4, 0.5) is 15.2 Å². The third-order valence-electron chi connectivity index (χ3n) is 3.90. The normalized spacial score (nSPS) is 11.6. The van der Waals surface area contributed by atoms with Crippen LogP contribution in [0.5, 0.6) is 0 Å². The first-order chi connectivity index (χ1) is 13.9. The van der Waals surface area contributed by atoms with Crippen LogP contribution in [-0.4, -0.2) is 50.5 Å². The number of sulfonamides is 1. The monoisotopic (exact) mass is 464 g/mol. The number of benzene rings is 1. The molecule has 12 heteroatoms. The zero-order chi connectivity index (χ0) is 21.1. The molecule has 29 heavy (non-hydrogen) atoms. The van der Waals surface area contributed by atoms with Crippen LogP contribution in [0.25, 0.3) is 0 Å². The number of hydrogen-bond acceptors (Lipinski definition) is 8. The number of nitrogens with one attached hydrogen (secondary N) is 4. The molecule has 0 amide bonds. The number of unbranched alkanes of at least 4 members (excludes halogenated alkanes) is 1. The van der Waals surface area contributed by atoms with Gasteiger partial charge in [0.15, 0.2) is 0 Å².